The highest BCUT2D eigenvalue weighted by Crippen LogP contribution is 2.41. The van der Waals surface area contributed by atoms with Crippen LogP contribution in [0.3, 0.4) is 0 Å². The first-order chi connectivity index (χ1) is 16.2. The highest BCUT2D eigenvalue weighted by atomic mass is 16.5. The van der Waals surface area contributed by atoms with E-state index >= 15 is 0 Å². The summed E-state index contributed by atoms with van der Waals surface area (Å²) < 4.78 is 26.0. The van der Waals surface area contributed by atoms with Crippen LogP contribution >= 0.6 is 0 Å². The summed E-state index contributed by atoms with van der Waals surface area (Å²) in [6, 6.07) is 5.62. The van der Waals surface area contributed by atoms with Gasteiger partial charge < -0.3 is 33.9 Å². The van der Waals surface area contributed by atoms with E-state index in [0.717, 1.165) is 0 Å². The van der Waals surface area contributed by atoms with E-state index in [4.69, 9.17) is 23.7 Å². The monoisotopic (exact) mass is 476 g/mol. The number of hydrogen-bond acceptors (Lipinski definition) is 10. The molecule has 2 aromatic carbocycles. The van der Waals surface area contributed by atoms with E-state index < -0.39 is 17.9 Å². The first-order valence-electron chi connectivity index (χ1n) is 10.6. The molecule has 2 rings (SSSR count). The van der Waals surface area contributed by atoms with Crippen LogP contribution in [0.2, 0.25) is 0 Å². The molecule has 0 atom stereocenters. The molecule has 0 aromatic heterocycles. The third-order valence-corrected chi connectivity index (χ3v) is 4.50. The van der Waals surface area contributed by atoms with Gasteiger partial charge in [-0.05, 0) is 44.5 Å². The Morgan fingerprint density at radius 2 is 1.50 bits per heavy atom. The zero-order valence-electron chi connectivity index (χ0n) is 19.5. The zero-order chi connectivity index (χ0) is 25.3. The van der Waals surface area contributed by atoms with Crippen LogP contribution in [0.1, 0.15) is 48.2 Å². The van der Waals surface area contributed by atoms with Gasteiger partial charge >= 0.3 is 17.9 Å². The Hall–Kier alpha value is -3.95. The number of aryl methyl sites for hydroxylation is 1. The Morgan fingerprint density at radius 3 is 2.12 bits per heavy atom. The van der Waals surface area contributed by atoms with Crippen molar-refractivity contribution in [2.75, 3.05) is 20.3 Å². The molecule has 0 fully saturated rings. The maximum Gasteiger partial charge on any atom is 0.345 e. The van der Waals surface area contributed by atoms with Crippen molar-refractivity contribution in [3.63, 3.8) is 0 Å². The molecule has 184 valence electrons. The second-order valence-electron chi connectivity index (χ2n) is 7.08. The first-order valence-corrected chi connectivity index (χ1v) is 10.6. The van der Waals surface area contributed by atoms with E-state index in [-0.39, 0.29) is 72.5 Å². The normalized spacial score (nSPS) is 10.4. The van der Waals surface area contributed by atoms with Gasteiger partial charge in [0.15, 0.2) is 11.5 Å². The van der Waals surface area contributed by atoms with Crippen molar-refractivity contribution in [1.29, 1.82) is 0 Å². The number of carbonyl (C=O) groups is 3. The van der Waals surface area contributed by atoms with E-state index in [2.05, 4.69) is 0 Å². The number of esters is 3. The molecular weight excluding hydrogens is 448 g/mol. The molecule has 0 aliphatic carbocycles. The minimum Gasteiger partial charge on any atom is -0.507 e. The highest BCUT2D eigenvalue weighted by Gasteiger charge is 2.23. The van der Waals surface area contributed by atoms with Gasteiger partial charge in [-0.3, -0.25) is 9.59 Å². The Kier molecular flexibility index (Phi) is 9.54. The molecule has 0 amide bonds. The number of phenolic OH excluding ortho intramolecular Hbond substituents is 2. The lowest BCUT2D eigenvalue weighted by Gasteiger charge is -2.17. The van der Waals surface area contributed by atoms with E-state index in [1.165, 1.54) is 31.4 Å². The molecule has 0 heterocycles. The second-order valence-corrected chi connectivity index (χ2v) is 7.08. The third-order valence-electron chi connectivity index (χ3n) is 4.50. The first kappa shape index (κ1) is 26.3. The fourth-order valence-electron chi connectivity index (χ4n) is 2.99. The molecule has 0 radical (unpaired) electrons. The molecule has 0 unspecified atom stereocenters. The highest BCUT2D eigenvalue weighted by molar-refractivity contribution is 5.96. The summed E-state index contributed by atoms with van der Waals surface area (Å²) in [4.78, 5) is 35.9. The topological polar surface area (TPSA) is 138 Å². The summed E-state index contributed by atoms with van der Waals surface area (Å²) in [6.45, 7) is 4.92. The summed E-state index contributed by atoms with van der Waals surface area (Å²) in [5.41, 5.74) is 0.581. The quantitative estimate of drug-likeness (QED) is 0.364. The van der Waals surface area contributed by atoms with Crippen molar-refractivity contribution in [3.8, 4) is 28.7 Å². The van der Waals surface area contributed by atoms with Crippen molar-refractivity contribution in [2.24, 2.45) is 0 Å². The lowest BCUT2D eigenvalue weighted by atomic mass is 10.1. The molecule has 0 spiro atoms. The number of benzene rings is 2. The average Bonchev–Trinajstić information content (AvgIpc) is 2.77. The van der Waals surface area contributed by atoms with Gasteiger partial charge in [-0.2, -0.15) is 0 Å². The third kappa shape index (κ3) is 7.03. The van der Waals surface area contributed by atoms with Crippen LogP contribution in [-0.2, 0) is 30.4 Å². The van der Waals surface area contributed by atoms with E-state index in [9.17, 15) is 24.6 Å². The zero-order valence-corrected chi connectivity index (χ0v) is 19.5. The Morgan fingerprint density at radius 1 is 0.853 bits per heavy atom. The maximum absolute atomic E-state index is 12.4. The number of aromatic hydroxyl groups is 2. The number of hydrogen-bond donors (Lipinski definition) is 2. The average molecular weight is 476 g/mol. The Labute approximate surface area is 197 Å². The molecule has 0 aliphatic heterocycles. The Balaban J connectivity index is 2.34. The van der Waals surface area contributed by atoms with Crippen LogP contribution in [-0.4, -0.2) is 48.4 Å². The van der Waals surface area contributed by atoms with Crippen LogP contribution in [0.15, 0.2) is 24.3 Å². The SMILES string of the molecule is CCOC(=O)CCC(=O)OCc1cc(OC)cc(O)c1Oc1cc(C)cc(O)c1C(=O)OCC. The lowest BCUT2D eigenvalue weighted by molar-refractivity contribution is -0.150. The fourth-order valence-corrected chi connectivity index (χ4v) is 2.99. The van der Waals surface area contributed by atoms with Gasteiger partial charge in [0.05, 0.1) is 33.2 Å². The van der Waals surface area contributed by atoms with Crippen LogP contribution in [0.4, 0.5) is 0 Å². The number of methoxy groups -OCH3 is 1. The fraction of sp³-hybridized carbons (Fsp3) is 0.375. The molecule has 0 saturated carbocycles. The van der Waals surface area contributed by atoms with Gasteiger partial charge in [-0.25, -0.2) is 4.79 Å². The minimum atomic E-state index is -0.810. The van der Waals surface area contributed by atoms with Crippen molar-refractivity contribution < 1.29 is 48.3 Å². The van der Waals surface area contributed by atoms with Gasteiger partial charge in [0.2, 0.25) is 0 Å². The molecule has 0 aliphatic rings. The largest absolute Gasteiger partial charge is 0.507 e. The van der Waals surface area contributed by atoms with E-state index in [0.29, 0.717) is 5.56 Å². The van der Waals surface area contributed by atoms with Gasteiger partial charge in [0, 0.05) is 11.6 Å². The molecule has 10 nitrogen and oxygen atoms in total. The lowest BCUT2D eigenvalue weighted by Crippen LogP contribution is -2.11. The van der Waals surface area contributed by atoms with Gasteiger partial charge in [-0.15, -0.1) is 0 Å². The van der Waals surface area contributed by atoms with Crippen molar-refractivity contribution in [1.82, 2.24) is 0 Å². The van der Waals surface area contributed by atoms with Gasteiger partial charge in [-0.1, -0.05) is 0 Å². The molecule has 2 aromatic rings. The molecule has 2 N–H and O–H groups in total. The number of ether oxygens (including phenoxy) is 5. The van der Waals surface area contributed by atoms with Gasteiger partial charge in [0.1, 0.15) is 29.4 Å². The standard InChI is InChI=1S/C24H28O10/c1-5-31-20(27)7-8-21(28)33-13-15-11-16(30-4)12-18(26)23(15)34-19-10-14(3)9-17(25)22(19)24(29)32-6-2/h9-12,25-26H,5-8,13H2,1-4H3. The minimum absolute atomic E-state index is 0.0636. The summed E-state index contributed by atoms with van der Waals surface area (Å²) >= 11 is 0. The molecule has 10 heteroatoms. The Bertz CT molecular complexity index is 1040. The number of phenols is 2. The summed E-state index contributed by atoms with van der Waals surface area (Å²) in [6.07, 6.45) is -0.325. The molecular formula is C24H28O10. The van der Waals surface area contributed by atoms with E-state index in [1.54, 1.807) is 20.8 Å². The van der Waals surface area contributed by atoms with Crippen molar-refractivity contribution >= 4 is 17.9 Å². The smallest absolute Gasteiger partial charge is 0.345 e. The molecule has 0 saturated heterocycles. The van der Waals surface area contributed by atoms with Gasteiger partial charge in [0.25, 0.3) is 0 Å². The second kappa shape index (κ2) is 12.3. The summed E-state index contributed by atoms with van der Waals surface area (Å²) in [7, 11) is 1.39. The van der Waals surface area contributed by atoms with Crippen LogP contribution in [0.5, 0.6) is 28.7 Å². The predicted octanol–water partition coefficient (Wildman–Crippen LogP) is 3.77. The van der Waals surface area contributed by atoms with Crippen LogP contribution in [0, 0.1) is 6.92 Å². The van der Waals surface area contributed by atoms with Crippen molar-refractivity contribution in [3.05, 3.63) is 41.0 Å². The predicted molar refractivity (Wildman–Crippen MR) is 119 cm³/mol. The molecule has 0 bridgehead atoms. The van der Waals surface area contributed by atoms with Crippen molar-refractivity contribution in [2.45, 2.75) is 40.2 Å². The van der Waals surface area contributed by atoms with Crippen LogP contribution in [0.25, 0.3) is 0 Å². The maximum atomic E-state index is 12.4. The number of carbonyl (C=O) groups excluding carboxylic acids is 3. The van der Waals surface area contributed by atoms with E-state index in [1.807, 2.05) is 0 Å². The summed E-state index contributed by atoms with van der Waals surface area (Å²) in [5.74, 6) is -2.62. The summed E-state index contributed by atoms with van der Waals surface area (Å²) in [5, 5.41) is 20.9. The number of rotatable bonds is 11. The molecule has 34 heavy (non-hydrogen) atoms. The van der Waals surface area contributed by atoms with Crippen LogP contribution < -0.4 is 9.47 Å².